The van der Waals surface area contributed by atoms with Crippen molar-refractivity contribution in [2.24, 2.45) is 0 Å². The molecule has 0 radical (unpaired) electrons. The van der Waals surface area contributed by atoms with Crippen LogP contribution in [-0.2, 0) is 0 Å². The molecule has 1 heterocycles. The Balaban J connectivity index is 2.41. The van der Waals surface area contributed by atoms with Crippen LogP contribution in [0, 0.1) is 0 Å². The van der Waals surface area contributed by atoms with E-state index in [1.807, 2.05) is 6.07 Å². The van der Waals surface area contributed by atoms with E-state index in [0.29, 0.717) is 18.9 Å². The zero-order chi connectivity index (χ0) is 8.81. The van der Waals surface area contributed by atoms with Crippen molar-refractivity contribution in [3.63, 3.8) is 0 Å². The van der Waals surface area contributed by atoms with E-state index in [1.54, 1.807) is 12.3 Å². The Hall–Kier alpha value is -0.640. The Bertz CT molecular complexity index is 244. The Kier molecular flexibility index (Phi) is 4.00. The molecule has 66 valence electrons. The summed E-state index contributed by atoms with van der Waals surface area (Å²) in [5.41, 5.74) is 0. The van der Waals surface area contributed by atoms with Crippen molar-refractivity contribution in [3.05, 3.63) is 22.8 Å². The van der Waals surface area contributed by atoms with Crippen molar-refractivity contribution in [3.8, 4) is 5.88 Å². The van der Waals surface area contributed by atoms with Crippen LogP contribution in [0.25, 0.3) is 0 Å². The van der Waals surface area contributed by atoms with E-state index in [1.165, 1.54) is 0 Å². The van der Waals surface area contributed by atoms with Gasteiger partial charge in [0, 0.05) is 23.2 Å². The monoisotopic (exact) mass is 233 g/mol. The van der Waals surface area contributed by atoms with Crippen LogP contribution >= 0.6 is 15.9 Å². The third kappa shape index (κ3) is 3.17. The maximum Gasteiger partial charge on any atom is 0.214 e. The first-order valence-corrected chi connectivity index (χ1v) is 4.42. The molecule has 0 saturated carbocycles. The van der Waals surface area contributed by atoms with Crippen LogP contribution in [-0.4, -0.2) is 18.3 Å². The maximum absolute atomic E-state index is 11.7. The predicted octanol–water partition coefficient (Wildman–Crippen LogP) is 2.58. The molecule has 0 saturated heterocycles. The number of hydrogen-bond donors (Lipinski definition) is 0. The molecule has 0 aliphatic carbocycles. The van der Waals surface area contributed by atoms with E-state index < -0.39 is 0 Å². The minimum Gasteiger partial charge on any atom is -0.478 e. The summed E-state index contributed by atoms with van der Waals surface area (Å²) in [6, 6.07) is 3.56. The van der Waals surface area contributed by atoms with Gasteiger partial charge in [0.2, 0.25) is 5.88 Å². The van der Waals surface area contributed by atoms with Gasteiger partial charge in [0.15, 0.2) is 0 Å². The number of hydrogen-bond acceptors (Lipinski definition) is 2. The molecule has 0 unspecified atom stereocenters. The van der Waals surface area contributed by atoms with E-state index in [4.69, 9.17) is 4.74 Å². The molecule has 0 spiro atoms. The fourth-order valence-corrected chi connectivity index (χ4v) is 1.01. The summed E-state index contributed by atoms with van der Waals surface area (Å²) in [6.07, 6.45) is 2.04. The van der Waals surface area contributed by atoms with Crippen LogP contribution in [0.3, 0.4) is 0 Å². The smallest absolute Gasteiger partial charge is 0.214 e. The fourth-order valence-electron chi connectivity index (χ4n) is 0.695. The van der Waals surface area contributed by atoms with Crippen LogP contribution < -0.4 is 4.74 Å². The summed E-state index contributed by atoms with van der Waals surface area (Å²) in [6.45, 7) is 0.0218. The van der Waals surface area contributed by atoms with Crippen LogP contribution in [0.5, 0.6) is 5.88 Å². The molecule has 0 aromatic carbocycles. The van der Waals surface area contributed by atoms with Crippen LogP contribution in [0.2, 0.25) is 0 Å². The van der Waals surface area contributed by atoms with Gasteiger partial charge in [-0.25, -0.2) is 4.98 Å². The molecule has 0 N–H and O–H groups in total. The lowest BCUT2D eigenvalue weighted by Crippen LogP contribution is -1.99. The molecule has 1 aromatic rings. The third-order valence-electron chi connectivity index (χ3n) is 1.22. The molecule has 0 amide bonds. The average Bonchev–Trinajstić information content (AvgIpc) is 2.05. The normalized spacial score (nSPS) is 9.83. The van der Waals surface area contributed by atoms with Crippen molar-refractivity contribution in [1.82, 2.24) is 4.98 Å². The minimum absolute atomic E-state index is 0.353. The summed E-state index contributed by atoms with van der Waals surface area (Å²) < 4.78 is 17.7. The number of pyridine rings is 1. The van der Waals surface area contributed by atoms with Gasteiger partial charge in [0.1, 0.15) is 0 Å². The van der Waals surface area contributed by atoms with Crippen molar-refractivity contribution >= 4 is 15.9 Å². The highest BCUT2D eigenvalue weighted by atomic mass is 79.9. The molecule has 1 aromatic heterocycles. The van der Waals surface area contributed by atoms with Gasteiger partial charge < -0.3 is 4.74 Å². The number of rotatable bonds is 4. The summed E-state index contributed by atoms with van der Waals surface area (Å²) in [5, 5.41) is 0. The first kappa shape index (κ1) is 9.45. The number of aromatic nitrogens is 1. The van der Waals surface area contributed by atoms with E-state index in [2.05, 4.69) is 20.9 Å². The quantitative estimate of drug-likeness (QED) is 0.747. The van der Waals surface area contributed by atoms with Crippen molar-refractivity contribution < 1.29 is 9.13 Å². The van der Waals surface area contributed by atoms with Gasteiger partial charge in [-0.15, -0.1) is 0 Å². The van der Waals surface area contributed by atoms with Crippen molar-refractivity contribution in [2.45, 2.75) is 6.42 Å². The lowest BCUT2D eigenvalue weighted by atomic mass is 10.5. The number of nitrogens with zero attached hydrogens (tertiary/aromatic N) is 1. The first-order chi connectivity index (χ1) is 5.83. The summed E-state index contributed by atoms with van der Waals surface area (Å²) in [7, 11) is 0. The second-order valence-corrected chi connectivity index (χ2v) is 3.12. The van der Waals surface area contributed by atoms with E-state index in [9.17, 15) is 4.39 Å². The van der Waals surface area contributed by atoms with Gasteiger partial charge in [0.25, 0.3) is 0 Å². The minimum atomic E-state index is -0.353. The number of halogens is 2. The average molecular weight is 234 g/mol. The Morgan fingerprint density at radius 3 is 3.08 bits per heavy atom. The molecule has 12 heavy (non-hydrogen) atoms. The largest absolute Gasteiger partial charge is 0.478 e. The molecule has 0 fully saturated rings. The Morgan fingerprint density at radius 1 is 1.58 bits per heavy atom. The van der Waals surface area contributed by atoms with Gasteiger partial charge in [-0.3, -0.25) is 4.39 Å². The van der Waals surface area contributed by atoms with E-state index >= 15 is 0 Å². The topological polar surface area (TPSA) is 22.1 Å². The van der Waals surface area contributed by atoms with Gasteiger partial charge >= 0.3 is 0 Å². The molecule has 0 aliphatic rings. The lowest BCUT2D eigenvalue weighted by molar-refractivity contribution is 0.280. The van der Waals surface area contributed by atoms with Gasteiger partial charge in [-0.1, -0.05) is 15.9 Å². The zero-order valence-electron chi connectivity index (χ0n) is 6.46. The first-order valence-electron chi connectivity index (χ1n) is 3.63. The van der Waals surface area contributed by atoms with Crippen molar-refractivity contribution in [2.75, 3.05) is 13.3 Å². The second-order valence-electron chi connectivity index (χ2n) is 2.20. The standard InChI is InChI=1S/C8H9BrFNO/c9-7-2-4-11-8(6-7)12-5-1-3-10/h2,4,6H,1,3,5H2. The van der Waals surface area contributed by atoms with E-state index in [0.717, 1.165) is 4.47 Å². The van der Waals surface area contributed by atoms with Gasteiger partial charge in [0.05, 0.1) is 13.3 Å². The second kappa shape index (κ2) is 5.09. The lowest BCUT2D eigenvalue weighted by Gasteiger charge is -2.02. The highest BCUT2D eigenvalue weighted by molar-refractivity contribution is 9.10. The molecular weight excluding hydrogens is 225 g/mol. The highest BCUT2D eigenvalue weighted by Crippen LogP contribution is 2.14. The predicted molar refractivity (Wildman–Crippen MR) is 48.0 cm³/mol. The Labute approximate surface area is 78.9 Å². The fraction of sp³-hybridized carbons (Fsp3) is 0.375. The number of alkyl halides is 1. The highest BCUT2D eigenvalue weighted by Gasteiger charge is 1.94. The van der Waals surface area contributed by atoms with Crippen LogP contribution in [0.4, 0.5) is 4.39 Å². The Morgan fingerprint density at radius 2 is 2.42 bits per heavy atom. The molecule has 2 nitrogen and oxygen atoms in total. The molecular formula is C8H9BrFNO. The molecule has 4 heteroatoms. The summed E-state index contributed by atoms with van der Waals surface area (Å²) >= 11 is 3.28. The maximum atomic E-state index is 11.7. The molecule has 0 atom stereocenters. The van der Waals surface area contributed by atoms with Crippen molar-refractivity contribution in [1.29, 1.82) is 0 Å². The van der Waals surface area contributed by atoms with Gasteiger partial charge in [-0.2, -0.15) is 0 Å². The zero-order valence-corrected chi connectivity index (χ0v) is 8.05. The van der Waals surface area contributed by atoms with E-state index in [-0.39, 0.29) is 6.67 Å². The molecule has 1 rings (SSSR count). The SMILES string of the molecule is FCCCOc1cc(Br)ccn1. The van der Waals surface area contributed by atoms with Gasteiger partial charge in [-0.05, 0) is 6.07 Å². The summed E-state index contributed by atoms with van der Waals surface area (Å²) in [4.78, 5) is 3.94. The summed E-state index contributed by atoms with van der Waals surface area (Å²) in [5.74, 6) is 0.526. The third-order valence-corrected chi connectivity index (χ3v) is 1.72. The molecule has 0 aliphatic heterocycles. The number of ether oxygens (including phenoxy) is 1. The molecule has 0 bridgehead atoms. The van der Waals surface area contributed by atoms with Crippen LogP contribution in [0.1, 0.15) is 6.42 Å². The van der Waals surface area contributed by atoms with Crippen LogP contribution in [0.15, 0.2) is 22.8 Å².